The van der Waals surface area contributed by atoms with Crippen LogP contribution in [-0.4, -0.2) is 30.2 Å². The molecule has 3 nitrogen and oxygen atoms in total. The summed E-state index contributed by atoms with van der Waals surface area (Å²) in [6.45, 7) is 0.705. The summed E-state index contributed by atoms with van der Waals surface area (Å²) < 4.78 is 5.14. The van der Waals surface area contributed by atoms with E-state index in [1.807, 2.05) is 11.8 Å². The fraction of sp³-hybridized carbons (Fsp3) is 0.875. The van der Waals surface area contributed by atoms with Crippen molar-refractivity contribution in [2.24, 2.45) is 16.6 Å². The van der Waals surface area contributed by atoms with Crippen molar-refractivity contribution in [1.82, 2.24) is 0 Å². The maximum atomic E-state index is 5.45. The number of aliphatic imine (C=N–C) groups is 1. The fourth-order valence-corrected chi connectivity index (χ4v) is 2.95. The van der Waals surface area contributed by atoms with Crippen LogP contribution in [-0.2, 0) is 4.74 Å². The van der Waals surface area contributed by atoms with Crippen LogP contribution >= 0.6 is 11.8 Å². The Hall–Kier alpha value is -0.380. The maximum Gasteiger partial charge on any atom is 0.282 e. The molecule has 0 aromatic carbocycles. The van der Waals surface area contributed by atoms with Gasteiger partial charge < -0.3 is 10.5 Å². The number of hydrogen-bond donors (Lipinski definition) is 1. The van der Waals surface area contributed by atoms with Crippen molar-refractivity contribution in [2.75, 3.05) is 18.1 Å². The van der Waals surface area contributed by atoms with Gasteiger partial charge in [0.05, 0.1) is 6.04 Å². The molecule has 2 heterocycles. The number of rotatable bonds is 1. The second-order valence-corrected chi connectivity index (χ2v) is 4.47. The third-order valence-electron chi connectivity index (χ3n) is 2.43. The van der Waals surface area contributed by atoms with E-state index in [9.17, 15) is 0 Å². The number of nitrogens with zero attached hydrogens (tertiary/aromatic N) is 1. The van der Waals surface area contributed by atoms with Crippen LogP contribution in [0.4, 0.5) is 0 Å². The van der Waals surface area contributed by atoms with E-state index in [-0.39, 0.29) is 0 Å². The molecule has 0 amide bonds. The number of ether oxygens (including phenoxy) is 1. The van der Waals surface area contributed by atoms with E-state index >= 15 is 0 Å². The summed E-state index contributed by atoms with van der Waals surface area (Å²) in [4.78, 5) is 4.27. The first-order valence-electron chi connectivity index (χ1n) is 4.40. The average molecular weight is 186 g/mol. The Labute approximate surface area is 76.8 Å². The third-order valence-corrected chi connectivity index (χ3v) is 3.68. The molecule has 2 unspecified atom stereocenters. The van der Waals surface area contributed by atoms with Gasteiger partial charge in [0.25, 0.3) is 6.02 Å². The van der Waals surface area contributed by atoms with Crippen molar-refractivity contribution < 1.29 is 4.74 Å². The Kier molecular flexibility index (Phi) is 2.44. The van der Waals surface area contributed by atoms with Gasteiger partial charge in [-0.05, 0) is 30.3 Å². The molecular formula is C8H14N2OS. The summed E-state index contributed by atoms with van der Waals surface area (Å²) >= 11 is 2.03. The Bertz CT molecular complexity index is 189. The van der Waals surface area contributed by atoms with Crippen molar-refractivity contribution in [3.63, 3.8) is 0 Å². The highest BCUT2D eigenvalue weighted by atomic mass is 32.2. The summed E-state index contributed by atoms with van der Waals surface area (Å²) in [5.74, 6) is 3.23. The lowest BCUT2D eigenvalue weighted by Crippen LogP contribution is -2.25. The Morgan fingerprint density at radius 3 is 3.08 bits per heavy atom. The molecule has 0 bridgehead atoms. The maximum absolute atomic E-state index is 5.45. The van der Waals surface area contributed by atoms with Crippen molar-refractivity contribution >= 4 is 17.8 Å². The zero-order valence-corrected chi connectivity index (χ0v) is 7.85. The molecule has 2 aliphatic rings. The van der Waals surface area contributed by atoms with Gasteiger partial charge >= 0.3 is 0 Å². The smallest absolute Gasteiger partial charge is 0.282 e. The van der Waals surface area contributed by atoms with Crippen LogP contribution in [0.2, 0.25) is 0 Å². The molecule has 0 spiro atoms. The van der Waals surface area contributed by atoms with Gasteiger partial charge in [0.1, 0.15) is 6.61 Å². The van der Waals surface area contributed by atoms with Gasteiger partial charge in [-0.1, -0.05) is 0 Å². The molecule has 1 saturated heterocycles. The summed E-state index contributed by atoms with van der Waals surface area (Å²) in [6.07, 6.45) is 2.61. The monoisotopic (exact) mass is 186 g/mol. The summed E-state index contributed by atoms with van der Waals surface area (Å²) in [5.41, 5.74) is 5.45. The molecule has 0 radical (unpaired) electrons. The van der Waals surface area contributed by atoms with Crippen molar-refractivity contribution in [2.45, 2.75) is 18.9 Å². The van der Waals surface area contributed by atoms with Gasteiger partial charge in [0.2, 0.25) is 0 Å². The molecule has 0 aliphatic carbocycles. The number of hydrogen-bond acceptors (Lipinski definition) is 4. The molecule has 2 atom stereocenters. The van der Waals surface area contributed by atoms with Gasteiger partial charge in [-0.15, -0.1) is 0 Å². The van der Waals surface area contributed by atoms with Crippen LogP contribution in [0.15, 0.2) is 4.99 Å². The highest BCUT2D eigenvalue weighted by Crippen LogP contribution is 2.28. The summed E-state index contributed by atoms with van der Waals surface area (Å²) in [5, 5.41) is 0. The van der Waals surface area contributed by atoms with E-state index in [0.717, 1.165) is 0 Å². The van der Waals surface area contributed by atoms with Crippen molar-refractivity contribution in [3.8, 4) is 0 Å². The van der Waals surface area contributed by atoms with E-state index in [1.54, 1.807) is 0 Å². The van der Waals surface area contributed by atoms with E-state index < -0.39 is 0 Å². The SMILES string of the molecule is NC1=NC(C2CCCSC2)CO1. The fourth-order valence-electron chi connectivity index (χ4n) is 1.72. The largest absolute Gasteiger partial charge is 0.463 e. The topological polar surface area (TPSA) is 47.6 Å². The molecule has 2 N–H and O–H groups in total. The van der Waals surface area contributed by atoms with Crippen molar-refractivity contribution in [3.05, 3.63) is 0 Å². The minimum atomic E-state index is 0.345. The predicted molar refractivity (Wildman–Crippen MR) is 51.4 cm³/mol. The van der Waals surface area contributed by atoms with E-state index in [2.05, 4.69) is 4.99 Å². The van der Waals surface area contributed by atoms with Crippen LogP contribution in [0.5, 0.6) is 0 Å². The first-order valence-corrected chi connectivity index (χ1v) is 5.55. The number of thioether (sulfide) groups is 1. The van der Waals surface area contributed by atoms with Crippen LogP contribution in [0, 0.1) is 5.92 Å². The van der Waals surface area contributed by atoms with Gasteiger partial charge in [-0.25, -0.2) is 4.99 Å². The van der Waals surface area contributed by atoms with E-state index in [0.29, 0.717) is 24.6 Å². The molecule has 0 aromatic heterocycles. The second kappa shape index (κ2) is 3.56. The Morgan fingerprint density at radius 2 is 2.50 bits per heavy atom. The molecule has 4 heteroatoms. The van der Waals surface area contributed by atoms with Crippen LogP contribution in [0.3, 0.4) is 0 Å². The van der Waals surface area contributed by atoms with Gasteiger partial charge in [0, 0.05) is 0 Å². The number of nitrogens with two attached hydrogens (primary N) is 1. The first-order chi connectivity index (χ1) is 5.86. The Balaban J connectivity index is 1.91. The Morgan fingerprint density at radius 1 is 1.58 bits per heavy atom. The second-order valence-electron chi connectivity index (χ2n) is 3.32. The minimum absolute atomic E-state index is 0.345. The molecule has 12 heavy (non-hydrogen) atoms. The van der Waals surface area contributed by atoms with Gasteiger partial charge in [-0.3, -0.25) is 0 Å². The zero-order chi connectivity index (χ0) is 8.39. The van der Waals surface area contributed by atoms with Crippen LogP contribution in [0.25, 0.3) is 0 Å². The summed E-state index contributed by atoms with van der Waals surface area (Å²) in [6, 6.07) is 0.730. The lowest BCUT2D eigenvalue weighted by Gasteiger charge is -2.23. The molecule has 68 valence electrons. The summed E-state index contributed by atoms with van der Waals surface area (Å²) in [7, 11) is 0. The van der Waals surface area contributed by atoms with Crippen LogP contribution in [0.1, 0.15) is 12.8 Å². The van der Waals surface area contributed by atoms with Crippen molar-refractivity contribution in [1.29, 1.82) is 0 Å². The first kappa shape index (κ1) is 8.23. The molecule has 0 saturated carbocycles. The van der Waals surface area contributed by atoms with Gasteiger partial charge in [0.15, 0.2) is 0 Å². The van der Waals surface area contributed by atoms with E-state index in [1.165, 1.54) is 24.3 Å². The average Bonchev–Trinajstić information content (AvgIpc) is 2.54. The molecule has 1 fully saturated rings. The molecule has 2 aliphatic heterocycles. The highest BCUT2D eigenvalue weighted by molar-refractivity contribution is 7.99. The normalized spacial score (nSPS) is 35.8. The van der Waals surface area contributed by atoms with Crippen LogP contribution < -0.4 is 5.73 Å². The lowest BCUT2D eigenvalue weighted by molar-refractivity contribution is 0.276. The molecule has 0 aromatic rings. The molecular weight excluding hydrogens is 172 g/mol. The lowest BCUT2D eigenvalue weighted by atomic mass is 9.98. The van der Waals surface area contributed by atoms with E-state index in [4.69, 9.17) is 10.5 Å². The minimum Gasteiger partial charge on any atom is -0.463 e. The standard InChI is InChI=1S/C8H14N2OS/c9-8-10-7(4-11-8)6-2-1-3-12-5-6/h6-7H,1-5H2,(H2,9,10). The predicted octanol–water partition coefficient (Wildman–Crippen LogP) is 0.843. The zero-order valence-electron chi connectivity index (χ0n) is 7.03. The highest BCUT2D eigenvalue weighted by Gasteiger charge is 2.27. The third kappa shape index (κ3) is 1.68. The number of amidine groups is 1. The molecule has 2 rings (SSSR count). The quantitative estimate of drug-likeness (QED) is 0.660. The van der Waals surface area contributed by atoms with Gasteiger partial charge in [-0.2, -0.15) is 11.8 Å².